The molecule has 0 aliphatic carbocycles. The van der Waals surface area contributed by atoms with Gasteiger partial charge in [0.15, 0.2) is 0 Å². The van der Waals surface area contributed by atoms with E-state index in [1.807, 2.05) is 36.4 Å². The lowest BCUT2D eigenvalue weighted by atomic mass is 10.3. The smallest absolute Gasteiger partial charge is 0.119 e. The maximum absolute atomic E-state index is 5.44. The van der Waals surface area contributed by atoms with Crippen molar-refractivity contribution < 1.29 is 4.74 Å². The summed E-state index contributed by atoms with van der Waals surface area (Å²) in [6, 6.07) is 7.99. The number of thiol groups is 1. The van der Waals surface area contributed by atoms with Crippen LogP contribution in [0.4, 0.5) is 0 Å². The van der Waals surface area contributed by atoms with E-state index in [1.54, 1.807) is 0 Å². The Bertz CT molecular complexity index is 269. The molecule has 1 nitrogen and oxygen atoms in total. The molecule has 1 aromatic rings. The van der Waals surface area contributed by atoms with Gasteiger partial charge in [-0.05, 0) is 46.9 Å². The van der Waals surface area contributed by atoms with E-state index in [-0.39, 0.29) is 0 Å². The summed E-state index contributed by atoms with van der Waals surface area (Å²) in [5, 5.41) is 0. The van der Waals surface area contributed by atoms with Crippen LogP contribution in [-0.4, -0.2) is 12.4 Å². The van der Waals surface area contributed by atoms with E-state index in [4.69, 9.17) is 4.74 Å². The Labute approximate surface area is 97.7 Å². The predicted molar refractivity (Wildman–Crippen MR) is 67.6 cm³/mol. The SMILES string of the molecule is SCC=CCOc1ccc(I)cc1. The Hall–Kier alpha value is -0.160. The van der Waals surface area contributed by atoms with E-state index in [0.717, 1.165) is 11.5 Å². The molecule has 0 unspecified atom stereocenters. The van der Waals surface area contributed by atoms with Crippen LogP contribution in [0.2, 0.25) is 0 Å². The zero-order valence-corrected chi connectivity index (χ0v) is 10.2. The average Bonchev–Trinajstić information content (AvgIpc) is 2.15. The van der Waals surface area contributed by atoms with Crippen molar-refractivity contribution in [2.24, 2.45) is 0 Å². The second-order valence-electron chi connectivity index (χ2n) is 2.42. The topological polar surface area (TPSA) is 9.23 Å². The first-order valence-electron chi connectivity index (χ1n) is 3.97. The Kier molecular flexibility index (Phi) is 5.31. The van der Waals surface area contributed by atoms with Gasteiger partial charge in [0, 0.05) is 9.32 Å². The lowest BCUT2D eigenvalue weighted by molar-refractivity contribution is 0.362. The van der Waals surface area contributed by atoms with Crippen LogP contribution in [0.1, 0.15) is 0 Å². The van der Waals surface area contributed by atoms with Crippen molar-refractivity contribution in [1.29, 1.82) is 0 Å². The summed E-state index contributed by atoms with van der Waals surface area (Å²) in [6.45, 7) is 0.612. The third kappa shape index (κ3) is 4.57. The molecule has 1 rings (SSSR count). The number of hydrogen-bond acceptors (Lipinski definition) is 2. The Balaban J connectivity index is 2.37. The van der Waals surface area contributed by atoms with Crippen LogP contribution in [0.15, 0.2) is 36.4 Å². The van der Waals surface area contributed by atoms with Crippen LogP contribution in [0, 0.1) is 3.57 Å². The lowest BCUT2D eigenvalue weighted by Gasteiger charge is -2.01. The Morgan fingerprint density at radius 1 is 1.23 bits per heavy atom. The third-order valence-electron chi connectivity index (χ3n) is 1.43. The minimum Gasteiger partial charge on any atom is -0.490 e. The van der Waals surface area contributed by atoms with E-state index in [0.29, 0.717) is 6.61 Å². The molecule has 1 aromatic carbocycles. The van der Waals surface area contributed by atoms with Crippen molar-refractivity contribution in [3.63, 3.8) is 0 Å². The number of halogens is 1. The Morgan fingerprint density at radius 3 is 2.54 bits per heavy atom. The van der Waals surface area contributed by atoms with Crippen LogP contribution >= 0.6 is 35.2 Å². The van der Waals surface area contributed by atoms with Gasteiger partial charge in [-0.25, -0.2) is 0 Å². The monoisotopic (exact) mass is 306 g/mol. The number of benzene rings is 1. The minimum atomic E-state index is 0.612. The molecule has 0 radical (unpaired) electrons. The molecular weight excluding hydrogens is 295 g/mol. The van der Waals surface area contributed by atoms with E-state index in [2.05, 4.69) is 35.2 Å². The van der Waals surface area contributed by atoms with Crippen molar-refractivity contribution in [3.05, 3.63) is 40.0 Å². The highest BCUT2D eigenvalue weighted by atomic mass is 127. The zero-order chi connectivity index (χ0) is 9.52. The molecule has 0 saturated heterocycles. The van der Waals surface area contributed by atoms with Gasteiger partial charge < -0.3 is 4.74 Å². The fourth-order valence-corrected chi connectivity index (χ4v) is 1.33. The summed E-state index contributed by atoms with van der Waals surface area (Å²) in [6.07, 6.45) is 3.93. The van der Waals surface area contributed by atoms with Gasteiger partial charge in [-0.3, -0.25) is 0 Å². The molecule has 0 atom stereocenters. The maximum atomic E-state index is 5.44. The van der Waals surface area contributed by atoms with Gasteiger partial charge in [-0.15, -0.1) is 0 Å². The van der Waals surface area contributed by atoms with Crippen molar-refractivity contribution in [2.45, 2.75) is 0 Å². The lowest BCUT2D eigenvalue weighted by Crippen LogP contribution is -1.92. The van der Waals surface area contributed by atoms with Crippen LogP contribution in [0.3, 0.4) is 0 Å². The van der Waals surface area contributed by atoms with Gasteiger partial charge in [0.1, 0.15) is 12.4 Å². The van der Waals surface area contributed by atoms with Gasteiger partial charge in [-0.1, -0.05) is 12.2 Å². The summed E-state index contributed by atoms with van der Waals surface area (Å²) in [7, 11) is 0. The van der Waals surface area contributed by atoms with E-state index in [9.17, 15) is 0 Å². The number of hydrogen-bond donors (Lipinski definition) is 1. The average molecular weight is 306 g/mol. The molecule has 0 N–H and O–H groups in total. The summed E-state index contributed by atoms with van der Waals surface area (Å²) in [4.78, 5) is 0. The summed E-state index contributed by atoms with van der Waals surface area (Å²) >= 11 is 6.32. The molecule has 0 amide bonds. The first-order chi connectivity index (χ1) is 6.33. The Morgan fingerprint density at radius 2 is 1.92 bits per heavy atom. The minimum absolute atomic E-state index is 0.612. The number of rotatable bonds is 4. The van der Waals surface area contributed by atoms with Crippen molar-refractivity contribution in [2.75, 3.05) is 12.4 Å². The van der Waals surface area contributed by atoms with Gasteiger partial charge in [0.25, 0.3) is 0 Å². The zero-order valence-electron chi connectivity index (χ0n) is 7.11. The van der Waals surface area contributed by atoms with Crippen LogP contribution in [0.25, 0.3) is 0 Å². The predicted octanol–water partition coefficient (Wildman–Crippen LogP) is 3.16. The molecule has 0 spiro atoms. The largest absolute Gasteiger partial charge is 0.490 e. The summed E-state index contributed by atoms with van der Waals surface area (Å²) in [5.41, 5.74) is 0. The fraction of sp³-hybridized carbons (Fsp3) is 0.200. The van der Waals surface area contributed by atoms with E-state index >= 15 is 0 Å². The molecule has 0 fully saturated rings. The molecule has 0 aromatic heterocycles. The van der Waals surface area contributed by atoms with Crippen molar-refractivity contribution in [1.82, 2.24) is 0 Å². The molecule has 0 bridgehead atoms. The second-order valence-corrected chi connectivity index (χ2v) is 4.03. The number of ether oxygens (including phenoxy) is 1. The highest BCUT2D eigenvalue weighted by Crippen LogP contribution is 2.13. The van der Waals surface area contributed by atoms with Gasteiger partial charge in [0.2, 0.25) is 0 Å². The van der Waals surface area contributed by atoms with Crippen molar-refractivity contribution in [3.8, 4) is 5.75 Å². The molecular formula is C10H11IOS. The standard InChI is InChI=1S/C10H11IOS/c11-9-3-5-10(6-4-9)12-7-1-2-8-13/h1-6,13H,7-8H2. The molecule has 0 saturated carbocycles. The van der Waals surface area contributed by atoms with Gasteiger partial charge in [0.05, 0.1) is 0 Å². The molecule has 0 heterocycles. The molecule has 3 heteroatoms. The molecule has 0 aliphatic heterocycles. The molecule has 0 aliphatic rings. The molecule has 70 valence electrons. The van der Waals surface area contributed by atoms with Crippen LogP contribution in [0.5, 0.6) is 5.75 Å². The van der Waals surface area contributed by atoms with Gasteiger partial charge >= 0.3 is 0 Å². The normalized spacial score (nSPS) is 10.6. The van der Waals surface area contributed by atoms with Crippen LogP contribution < -0.4 is 4.74 Å². The first kappa shape index (κ1) is 10.9. The highest BCUT2D eigenvalue weighted by Gasteiger charge is 1.90. The summed E-state index contributed by atoms with van der Waals surface area (Å²) in [5.74, 6) is 1.67. The quantitative estimate of drug-likeness (QED) is 0.511. The third-order valence-corrected chi connectivity index (χ3v) is 2.36. The van der Waals surface area contributed by atoms with E-state index in [1.165, 1.54) is 3.57 Å². The van der Waals surface area contributed by atoms with Gasteiger partial charge in [-0.2, -0.15) is 12.6 Å². The summed E-state index contributed by atoms with van der Waals surface area (Å²) < 4.78 is 6.66. The fourth-order valence-electron chi connectivity index (χ4n) is 0.818. The highest BCUT2D eigenvalue weighted by molar-refractivity contribution is 14.1. The second kappa shape index (κ2) is 6.32. The first-order valence-corrected chi connectivity index (χ1v) is 5.68. The van der Waals surface area contributed by atoms with Crippen molar-refractivity contribution >= 4 is 35.2 Å². The maximum Gasteiger partial charge on any atom is 0.119 e. The van der Waals surface area contributed by atoms with E-state index < -0.39 is 0 Å². The van der Waals surface area contributed by atoms with Crippen LogP contribution in [-0.2, 0) is 0 Å². The molecule has 13 heavy (non-hydrogen) atoms.